The molecule has 0 aliphatic heterocycles. The zero-order valence-corrected chi connectivity index (χ0v) is 15.1. The molecule has 0 aromatic carbocycles. The van der Waals surface area contributed by atoms with Crippen molar-refractivity contribution in [1.82, 2.24) is 0 Å². The fraction of sp³-hybridized carbons (Fsp3) is 0.750. The Balaban J connectivity index is 2.81. The van der Waals surface area contributed by atoms with Crippen LogP contribution in [0.2, 0.25) is 18.1 Å². The summed E-state index contributed by atoms with van der Waals surface area (Å²) >= 11 is 5.85. The van der Waals surface area contributed by atoms with Gasteiger partial charge < -0.3 is 4.43 Å². The third-order valence-corrected chi connectivity index (χ3v) is 9.35. The van der Waals surface area contributed by atoms with Crippen molar-refractivity contribution in [3.63, 3.8) is 0 Å². The SMILES string of the molecule is C=C1/C(=C\CCl)CC(O[Si](C)(C)C(C)(C)C)C[C@@H]1C. The summed E-state index contributed by atoms with van der Waals surface area (Å²) in [6.07, 6.45) is 4.49. The molecule has 0 aromatic rings. The third-order valence-electron chi connectivity index (χ3n) is 4.66. The summed E-state index contributed by atoms with van der Waals surface area (Å²) in [5, 5.41) is 0.265. The zero-order valence-electron chi connectivity index (χ0n) is 13.3. The fourth-order valence-electron chi connectivity index (χ4n) is 2.30. The summed E-state index contributed by atoms with van der Waals surface area (Å²) in [6.45, 7) is 18.0. The Labute approximate surface area is 125 Å². The molecule has 0 N–H and O–H groups in total. The first-order valence-corrected chi connectivity index (χ1v) is 10.6. The van der Waals surface area contributed by atoms with E-state index in [0.717, 1.165) is 12.8 Å². The molecule has 0 heterocycles. The van der Waals surface area contributed by atoms with Crippen molar-refractivity contribution >= 4 is 19.9 Å². The highest BCUT2D eigenvalue weighted by Gasteiger charge is 2.40. The first-order valence-electron chi connectivity index (χ1n) is 7.20. The first-order chi connectivity index (χ1) is 8.58. The van der Waals surface area contributed by atoms with E-state index in [-0.39, 0.29) is 5.04 Å². The maximum Gasteiger partial charge on any atom is 0.192 e. The lowest BCUT2D eigenvalue weighted by Gasteiger charge is -2.42. The van der Waals surface area contributed by atoms with E-state index < -0.39 is 8.32 Å². The molecule has 1 aliphatic rings. The van der Waals surface area contributed by atoms with Crippen LogP contribution in [0.3, 0.4) is 0 Å². The Morgan fingerprint density at radius 2 is 2.00 bits per heavy atom. The van der Waals surface area contributed by atoms with Gasteiger partial charge in [-0.3, -0.25) is 0 Å². The van der Waals surface area contributed by atoms with Crippen LogP contribution in [-0.2, 0) is 4.43 Å². The second kappa shape index (κ2) is 6.15. The Kier molecular flexibility index (Phi) is 5.50. The molecule has 2 atom stereocenters. The van der Waals surface area contributed by atoms with Gasteiger partial charge in [0.2, 0.25) is 0 Å². The van der Waals surface area contributed by atoms with Crippen molar-refractivity contribution in [2.75, 3.05) is 5.88 Å². The van der Waals surface area contributed by atoms with E-state index in [4.69, 9.17) is 16.0 Å². The molecule has 0 saturated heterocycles. The first kappa shape index (κ1) is 17.0. The summed E-state index contributed by atoms with van der Waals surface area (Å²) in [5.74, 6) is 1.06. The lowest BCUT2D eigenvalue weighted by atomic mass is 9.81. The summed E-state index contributed by atoms with van der Waals surface area (Å²) in [5.41, 5.74) is 2.55. The number of hydrogen-bond donors (Lipinski definition) is 0. The lowest BCUT2D eigenvalue weighted by molar-refractivity contribution is 0.149. The fourth-order valence-corrected chi connectivity index (χ4v) is 3.86. The normalized spacial score (nSPS) is 27.9. The lowest BCUT2D eigenvalue weighted by Crippen LogP contribution is -2.45. The summed E-state index contributed by atoms with van der Waals surface area (Å²) in [7, 11) is -1.69. The Bertz CT molecular complexity index is 365. The summed E-state index contributed by atoms with van der Waals surface area (Å²) < 4.78 is 6.55. The van der Waals surface area contributed by atoms with E-state index in [1.165, 1.54) is 11.1 Å². The quantitative estimate of drug-likeness (QED) is 0.492. The van der Waals surface area contributed by atoms with Gasteiger partial charge in [0.05, 0.1) is 0 Å². The van der Waals surface area contributed by atoms with Gasteiger partial charge >= 0.3 is 0 Å². The van der Waals surface area contributed by atoms with Gasteiger partial charge in [0, 0.05) is 12.0 Å². The van der Waals surface area contributed by atoms with Crippen molar-refractivity contribution < 1.29 is 4.43 Å². The molecular weight excluding hydrogens is 272 g/mol. The van der Waals surface area contributed by atoms with Crippen molar-refractivity contribution in [3.05, 3.63) is 23.8 Å². The van der Waals surface area contributed by atoms with E-state index in [1.54, 1.807) is 0 Å². The van der Waals surface area contributed by atoms with Crippen LogP contribution >= 0.6 is 11.6 Å². The van der Waals surface area contributed by atoms with Crippen molar-refractivity contribution in [2.45, 2.75) is 64.8 Å². The average molecular weight is 301 g/mol. The minimum Gasteiger partial charge on any atom is -0.414 e. The van der Waals surface area contributed by atoms with Gasteiger partial charge in [0.15, 0.2) is 8.32 Å². The van der Waals surface area contributed by atoms with Crippen LogP contribution in [0.5, 0.6) is 0 Å². The van der Waals surface area contributed by atoms with Gasteiger partial charge in [-0.05, 0) is 48.0 Å². The van der Waals surface area contributed by atoms with E-state index in [1.807, 2.05) is 0 Å². The highest BCUT2D eigenvalue weighted by molar-refractivity contribution is 6.74. The van der Waals surface area contributed by atoms with Crippen molar-refractivity contribution in [1.29, 1.82) is 0 Å². The molecule has 1 aliphatic carbocycles. The number of halogens is 1. The topological polar surface area (TPSA) is 9.23 Å². The number of alkyl halides is 1. The molecule has 0 radical (unpaired) electrons. The summed E-state index contributed by atoms with van der Waals surface area (Å²) in [4.78, 5) is 0. The standard InChI is InChI=1S/C16H29ClOSi/c1-12-10-15(11-14(8-9-17)13(12)2)18-19(6,7)16(3,4)5/h8,12,15H,2,9-11H2,1,3-7H3/b14-8-/t12-,15?/m0/s1. The van der Waals surface area contributed by atoms with Gasteiger partial charge in [0.1, 0.15) is 0 Å². The number of hydrogen-bond acceptors (Lipinski definition) is 1. The van der Waals surface area contributed by atoms with Gasteiger partial charge in [0.25, 0.3) is 0 Å². The van der Waals surface area contributed by atoms with Crippen LogP contribution < -0.4 is 0 Å². The van der Waals surface area contributed by atoms with Gasteiger partial charge in [-0.15, -0.1) is 11.6 Å². The number of allylic oxidation sites excluding steroid dienone is 2. The number of rotatable bonds is 3. The minimum atomic E-state index is -1.69. The highest BCUT2D eigenvalue weighted by Crippen LogP contribution is 2.41. The summed E-state index contributed by atoms with van der Waals surface area (Å²) in [6, 6.07) is 0. The largest absolute Gasteiger partial charge is 0.414 e. The Morgan fingerprint density at radius 3 is 2.47 bits per heavy atom. The molecule has 1 saturated carbocycles. The van der Waals surface area contributed by atoms with Crippen LogP contribution in [0, 0.1) is 5.92 Å². The molecule has 1 unspecified atom stereocenters. The molecule has 19 heavy (non-hydrogen) atoms. The van der Waals surface area contributed by atoms with E-state index >= 15 is 0 Å². The third kappa shape index (κ3) is 4.20. The van der Waals surface area contributed by atoms with Crippen molar-refractivity contribution in [3.8, 4) is 0 Å². The van der Waals surface area contributed by atoms with Gasteiger partial charge in [-0.25, -0.2) is 0 Å². The monoisotopic (exact) mass is 300 g/mol. The zero-order chi connectivity index (χ0) is 14.8. The van der Waals surface area contributed by atoms with Crippen LogP contribution in [0.15, 0.2) is 23.8 Å². The predicted molar refractivity (Wildman–Crippen MR) is 88.4 cm³/mol. The smallest absolute Gasteiger partial charge is 0.192 e. The molecule has 0 bridgehead atoms. The maximum atomic E-state index is 6.55. The van der Waals surface area contributed by atoms with Gasteiger partial charge in [-0.2, -0.15) is 0 Å². The molecule has 0 amide bonds. The molecule has 3 heteroatoms. The van der Waals surface area contributed by atoms with Crippen LogP contribution in [0.25, 0.3) is 0 Å². The molecule has 1 nitrogen and oxygen atoms in total. The predicted octanol–water partition coefficient (Wildman–Crippen LogP) is 5.53. The molecule has 1 rings (SSSR count). The highest BCUT2D eigenvalue weighted by atomic mass is 35.5. The van der Waals surface area contributed by atoms with E-state index in [2.05, 4.69) is 53.4 Å². The van der Waals surface area contributed by atoms with E-state index in [9.17, 15) is 0 Å². The van der Waals surface area contributed by atoms with Crippen molar-refractivity contribution in [2.24, 2.45) is 5.92 Å². The Hall–Kier alpha value is -0.0531. The minimum absolute atomic E-state index is 0.265. The molecule has 0 aromatic heterocycles. The second-order valence-electron chi connectivity index (χ2n) is 7.25. The maximum absolute atomic E-state index is 6.55. The molecule has 1 fully saturated rings. The molecule has 110 valence electrons. The molecule has 0 spiro atoms. The van der Waals surface area contributed by atoms with Crippen LogP contribution in [0.1, 0.15) is 40.5 Å². The molecular formula is C16H29ClOSi. The van der Waals surface area contributed by atoms with Gasteiger partial charge in [-0.1, -0.05) is 40.3 Å². The van der Waals surface area contributed by atoms with Crippen LogP contribution in [0.4, 0.5) is 0 Å². The second-order valence-corrected chi connectivity index (χ2v) is 12.3. The average Bonchev–Trinajstić information content (AvgIpc) is 2.23. The van der Waals surface area contributed by atoms with Crippen LogP contribution in [-0.4, -0.2) is 20.3 Å². The Morgan fingerprint density at radius 1 is 1.42 bits per heavy atom. The van der Waals surface area contributed by atoms with E-state index in [0.29, 0.717) is 17.9 Å².